The monoisotopic (exact) mass is 554 g/mol. The van der Waals surface area contributed by atoms with Crippen molar-refractivity contribution < 1.29 is 24.2 Å². The summed E-state index contributed by atoms with van der Waals surface area (Å²) in [6.45, 7) is 1.99. The van der Waals surface area contributed by atoms with Gasteiger partial charge < -0.3 is 15.2 Å². The van der Waals surface area contributed by atoms with E-state index in [2.05, 4.69) is 37.2 Å². The third-order valence-electron chi connectivity index (χ3n) is 3.97. The maximum absolute atomic E-state index is 12.6. The number of benzene rings is 2. The Labute approximate surface area is 193 Å². The van der Waals surface area contributed by atoms with Gasteiger partial charge in [-0.1, -0.05) is 15.9 Å². The molecule has 30 heavy (non-hydrogen) atoms. The van der Waals surface area contributed by atoms with Crippen LogP contribution in [0.15, 0.2) is 50.2 Å². The fraction of sp³-hybridized carbons (Fsp3) is 0.150. The lowest BCUT2D eigenvalue weighted by molar-refractivity contribution is -0.127. The number of amides is 3. The second-order valence-electron chi connectivity index (χ2n) is 6.10. The molecule has 2 aromatic carbocycles. The zero-order chi connectivity index (χ0) is 21.8. The summed E-state index contributed by atoms with van der Waals surface area (Å²) in [6.07, 6.45) is 1.42. The van der Waals surface area contributed by atoms with Gasteiger partial charge in [0.1, 0.15) is 18.0 Å². The number of hydrogen-bond donors (Lipinski definition) is 2. The SMILES string of the molecule is CCOc1ccc(NC(=O)CN2C(=O)S/C(=C/c3cc(Br)cc(Br)c3O)C2=O)cc1. The van der Waals surface area contributed by atoms with Gasteiger partial charge in [0.05, 0.1) is 16.0 Å². The van der Waals surface area contributed by atoms with Crippen LogP contribution in [-0.4, -0.2) is 40.2 Å². The molecule has 0 bridgehead atoms. The minimum absolute atomic E-state index is 0.0572. The summed E-state index contributed by atoms with van der Waals surface area (Å²) in [4.78, 5) is 38.2. The van der Waals surface area contributed by atoms with Gasteiger partial charge in [-0.25, -0.2) is 0 Å². The normalized spacial score (nSPS) is 15.0. The zero-order valence-corrected chi connectivity index (χ0v) is 19.6. The van der Waals surface area contributed by atoms with E-state index in [-0.39, 0.29) is 10.7 Å². The molecule has 2 aromatic rings. The first-order chi connectivity index (χ1) is 14.3. The molecule has 0 radical (unpaired) electrons. The van der Waals surface area contributed by atoms with E-state index in [0.29, 0.717) is 44.3 Å². The summed E-state index contributed by atoms with van der Waals surface area (Å²) in [5.41, 5.74) is 0.885. The molecule has 0 aromatic heterocycles. The number of anilines is 1. The molecule has 2 N–H and O–H groups in total. The summed E-state index contributed by atoms with van der Waals surface area (Å²) in [5.74, 6) is -0.481. The minimum Gasteiger partial charge on any atom is -0.506 e. The van der Waals surface area contributed by atoms with Crippen molar-refractivity contribution in [2.24, 2.45) is 0 Å². The lowest BCUT2D eigenvalue weighted by atomic mass is 10.2. The van der Waals surface area contributed by atoms with Crippen LogP contribution in [0.2, 0.25) is 0 Å². The van der Waals surface area contributed by atoms with Gasteiger partial charge in [-0.05, 0) is 77.1 Å². The van der Waals surface area contributed by atoms with Crippen molar-refractivity contribution >= 4 is 72.4 Å². The predicted octanol–water partition coefficient (Wildman–Crippen LogP) is 4.99. The van der Waals surface area contributed by atoms with Gasteiger partial charge in [-0.2, -0.15) is 0 Å². The summed E-state index contributed by atoms with van der Waals surface area (Å²) < 4.78 is 6.47. The van der Waals surface area contributed by atoms with Crippen LogP contribution in [0.25, 0.3) is 6.08 Å². The molecule has 1 heterocycles. The predicted molar refractivity (Wildman–Crippen MR) is 122 cm³/mol. The molecule has 3 amide bonds. The van der Waals surface area contributed by atoms with Crippen LogP contribution < -0.4 is 10.1 Å². The Kier molecular flexibility index (Phi) is 7.22. The minimum atomic E-state index is -0.595. The number of carbonyl (C=O) groups excluding carboxylic acids is 3. The van der Waals surface area contributed by atoms with Gasteiger partial charge in [0, 0.05) is 15.7 Å². The van der Waals surface area contributed by atoms with Crippen molar-refractivity contribution in [1.82, 2.24) is 4.90 Å². The van der Waals surface area contributed by atoms with Gasteiger partial charge >= 0.3 is 0 Å². The first kappa shape index (κ1) is 22.4. The molecule has 156 valence electrons. The number of rotatable bonds is 6. The molecule has 0 unspecified atom stereocenters. The van der Waals surface area contributed by atoms with Crippen LogP contribution in [0, 0.1) is 0 Å². The van der Waals surface area contributed by atoms with Gasteiger partial charge in [0.25, 0.3) is 11.1 Å². The lowest BCUT2D eigenvalue weighted by Crippen LogP contribution is -2.36. The molecule has 1 aliphatic rings. The second-order valence-corrected chi connectivity index (χ2v) is 8.86. The van der Waals surface area contributed by atoms with Crippen LogP contribution in [0.1, 0.15) is 12.5 Å². The molecule has 7 nitrogen and oxygen atoms in total. The highest BCUT2D eigenvalue weighted by Gasteiger charge is 2.36. The molecule has 3 rings (SSSR count). The highest BCUT2D eigenvalue weighted by Crippen LogP contribution is 2.37. The quantitative estimate of drug-likeness (QED) is 0.487. The van der Waals surface area contributed by atoms with Gasteiger partial charge in [-0.15, -0.1) is 0 Å². The fourth-order valence-corrected chi connectivity index (χ4v) is 4.71. The summed E-state index contributed by atoms with van der Waals surface area (Å²) in [7, 11) is 0. The Balaban J connectivity index is 1.70. The zero-order valence-electron chi connectivity index (χ0n) is 15.6. The smallest absolute Gasteiger partial charge is 0.294 e. The molecule has 10 heteroatoms. The standard InChI is InChI=1S/C20H16Br2N2O5S/c1-2-29-14-5-3-13(4-6-14)23-17(25)10-24-19(27)16(30-20(24)28)8-11-7-12(21)9-15(22)18(11)26/h3-9,26H,2,10H2,1H3,(H,23,25)/b16-8+. The van der Waals surface area contributed by atoms with Crippen LogP contribution in [0.4, 0.5) is 10.5 Å². The van der Waals surface area contributed by atoms with E-state index in [4.69, 9.17) is 4.74 Å². The number of phenols is 1. The van der Waals surface area contributed by atoms with Crippen LogP contribution >= 0.6 is 43.6 Å². The van der Waals surface area contributed by atoms with Gasteiger partial charge in [0.15, 0.2) is 0 Å². The number of nitrogens with zero attached hydrogens (tertiary/aromatic N) is 1. The van der Waals surface area contributed by atoms with E-state index in [1.807, 2.05) is 6.92 Å². The van der Waals surface area contributed by atoms with Crippen LogP contribution in [0.5, 0.6) is 11.5 Å². The summed E-state index contributed by atoms with van der Waals surface area (Å²) in [5, 5.41) is 12.3. The second kappa shape index (κ2) is 9.67. The van der Waals surface area contributed by atoms with Crippen molar-refractivity contribution in [2.75, 3.05) is 18.5 Å². The van der Waals surface area contributed by atoms with Crippen molar-refractivity contribution in [3.8, 4) is 11.5 Å². The number of phenolic OH excluding ortho intramolecular Hbond substituents is 1. The molecule has 0 aliphatic carbocycles. The first-order valence-corrected chi connectivity index (χ1v) is 11.1. The Morgan fingerprint density at radius 1 is 1.23 bits per heavy atom. The topological polar surface area (TPSA) is 95.9 Å². The van der Waals surface area contributed by atoms with Crippen molar-refractivity contribution in [3.05, 3.63) is 55.8 Å². The number of imide groups is 1. The van der Waals surface area contributed by atoms with E-state index in [1.165, 1.54) is 6.08 Å². The van der Waals surface area contributed by atoms with Crippen LogP contribution in [0.3, 0.4) is 0 Å². The molecule has 0 atom stereocenters. The van der Waals surface area contributed by atoms with E-state index < -0.39 is 23.6 Å². The van der Waals surface area contributed by atoms with E-state index in [9.17, 15) is 19.5 Å². The third kappa shape index (κ3) is 5.24. The lowest BCUT2D eigenvalue weighted by Gasteiger charge is -2.12. The maximum Gasteiger partial charge on any atom is 0.294 e. The average Bonchev–Trinajstić information content (AvgIpc) is 2.95. The Morgan fingerprint density at radius 2 is 1.93 bits per heavy atom. The number of nitrogens with one attached hydrogen (secondary N) is 1. The van der Waals surface area contributed by atoms with Crippen LogP contribution in [-0.2, 0) is 9.59 Å². The third-order valence-corrected chi connectivity index (χ3v) is 5.94. The molecule has 1 fully saturated rings. The number of carbonyl (C=O) groups is 3. The molecule has 0 saturated carbocycles. The van der Waals surface area contributed by atoms with Gasteiger partial charge in [0.2, 0.25) is 5.91 Å². The highest BCUT2D eigenvalue weighted by atomic mass is 79.9. The average molecular weight is 556 g/mol. The highest BCUT2D eigenvalue weighted by molar-refractivity contribution is 9.11. The number of halogens is 2. The maximum atomic E-state index is 12.6. The molecule has 1 saturated heterocycles. The molecular formula is C20H16Br2N2O5S. The van der Waals surface area contributed by atoms with Gasteiger partial charge in [-0.3, -0.25) is 19.3 Å². The van der Waals surface area contributed by atoms with E-state index in [0.717, 1.165) is 4.90 Å². The van der Waals surface area contributed by atoms with Crippen molar-refractivity contribution in [2.45, 2.75) is 6.92 Å². The number of thioether (sulfide) groups is 1. The number of hydrogen-bond acceptors (Lipinski definition) is 6. The fourth-order valence-electron chi connectivity index (χ4n) is 2.62. The van der Waals surface area contributed by atoms with Crippen molar-refractivity contribution in [1.29, 1.82) is 0 Å². The van der Waals surface area contributed by atoms with E-state index in [1.54, 1.807) is 36.4 Å². The molecule has 0 spiro atoms. The summed E-state index contributed by atoms with van der Waals surface area (Å²) in [6, 6.07) is 10.0. The molecular weight excluding hydrogens is 540 g/mol. The Morgan fingerprint density at radius 3 is 2.60 bits per heavy atom. The molecule has 1 aliphatic heterocycles. The Hall–Kier alpha value is -2.30. The first-order valence-electron chi connectivity index (χ1n) is 8.74. The summed E-state index contributed by atoms with van der Waals surface area (Å²) >= 11 is 7.25. The van der Waals surface area contributed by atoms with E-state index >= 15 is 0 Å². The van der Waals surface area contributed by atoms with Crippen molar-refractivity contribution in [3.63, 3.8) is 0 Å². The number of ether oxygens (including phenoxy) is 1. The Bertz CT molecular complexity index is 1040. The largest absolute Gasteiger partial charge is 0.506 e. The number of aromatic hydroxyl groups is 1.